The largest absolute Gasteiger partial charge is 0.480 e. The lowest BCUT2D eigenvalue weighted by Crippen LogP contribution is -2.40. The molecule has 98 valence electrons. The minimum Gasteiger partial charge on any atom is -0.480 e. The topological polar surface area (TPSA) is 40.5 Å². The minimum absolute atomic E-state index is 0.402. The van der Waals surface area contributed by atoms with Gasteiger partial charge in [-0.3, -0.25) is 9.69 Å². The van der Waals surface area contributed by atoms with E-state index in [2.05, 4.69) is 15.9 Å². The number of carbonyl (C=O) groups is 1. The maximum Gasteiger partial charge on any atom is 0.320 e. The van der Waals surface area contributed by atoms with Gasteiger partial charge in [0.2, 0.25) is 0 Å². The van der Waals surface area contributed by atoms with Crippen LogP contribution in [0.1, 0.15) is 25.3 Å². The lowest BCUT2D eigenvalue weighted by molar-refractivity contribution is -0.143. The van der Waals surface area contributed by atoms with Crippen LogP contribution in [-0.2, 0) is 11.3 Å². The Labute approximate surface area is 120 Å². The zero-order valence-electron chi connectivity index (χ0n) is 10.1. The zero-order chi connectivity index (χ0) is 13.3. The monoisotopic (exact) mass is 331 g/mol. The van der Waals surface area contributed by atoms with E-state index in [0.717, 1.165) is 22.9 Å². The highest BCUT2D eigenvalue weighted by Gasteiger charge is 2.35. The molecule has 1 fully saturated rings. The molecule has 0 radical (unpaired) electrons. The number of aliphatic carboxylic acids is 1. The maximum atomic E-state index is 11.1. The Kier molecular flexibility index (Phi) is 4.30. The average Bonchev–Trinajstić information content (AvgIpc) is 3.11. The van der Waals surface area contributed by atoms with Gasteiger partial charge in [0.05, 0.1) is 0 Å². The molecule has 1 unspecified atom stereocenters. The van der Waals surface area contributed by atoms with Crippen LogP contribution in [0.3, 0.4) is 0 Å². The molecule has 0 aromatic heterocycles. The lowest BCUT2D eigenvalue weighted by Gasteiger charge is -2.26. The third kappa shape index (κ3) is 3.25. The van der Waals surface area contributed by atoms with Crippen LogP contribution >= 0.6 is 27.5 Å². The van der Waals surface area contributed by atoms with Crippen LogP contribution in [0.2, 0.25) is 5.02 Å². The van der Waals surface area contributed by atoms with Gasteiger partial charge in [-0.25, -0.2) is 0 Å². The highest BCUT2D eigenvalue weighted by Crippen LogP contribution is 2.32. The third-order valence-electron chi connectivity index (χ3n) is 3.24. The number of benzene rings is 1. The molecular weight excluding hydrogens is 318 g/mol. The quantitative estimate of drug-likeness (QED) is 0.896. The highest BCUT2D eigenvalue weighted by atomic mass is 79.9. The van der Waals surface area contributed by atoms with Crippen LogP contribution in [0.15, 0.2) is 22.7 Å². The van der Waals surface area contributed by atoms with Crippen molar-refractivity contribution in [2.24, 2.45) is 0 Å². The first-order valence-electron chi connectivity index (χ1n) is 5.91. The normalized spacial score (nSPS) is 16.9. The minimum atomic E-state index is -0.771. The van der Waals surface area contributed by atoms with Crippen LogP contribution in [0.5, 0.6) is 0 Å². The number of hydrogen-bond acceptors (Lipinski definition) is 2. The van der Waals surface area contributed by atoms with Gasteiger partial charge in [0.15, 0.2) is 0 Å². The molecule has 1 atom stereocenters. The number of nitrogens with zero attached hydrogens (tertiary/aromatic N) is 1. The van der Waals surface area contributed by atoms with E-state index in [1.807, 2.05) is 23.1 Å². The van der Waals surface area contributed by atoms with Gasteiger partial charge in [0, 0.05) is 22.1 Å². The molecule has 1 aromatic carbocycles. The second-order valence-electron chi connectivity index (χ2n) is 4.65. The number of carboxylic acids is 1. The standard InChI is InChI=1S/C13H15BrClNO2/c1-8(13(17)18)16(11-4-5-11)7-9-2-3-10(15)6-12(9)14/h2-3,6,8,11H,4-5,7H2,1H3,(H,17,18). The summed E-state index contributed by atoms with van der Waals surface area (Å²) in [4.78, 5) is 13.2. The Balaban J connectivity index is 2.15. The summed E-state index contributed by atoms with van der Waals surface area (Å²) in [6, 6.07) is 5.56. The SMILES string of the molecule is CC(C(=O)O)N(Cc1ccc(Cl)cc1Br)C1CC1. The Morgan fingerprint density at radius 1 is 1.61 bits per heavy atom. The van der Waals surface area contributed by atoms with Gasteiger partial charge >= 0.3 is 5.97 Å². The van der Waals surface area contributed by atoms with Crippen LogP contribution in [0, 0.1) is 0 Å². The van der Waals surface area contributed by atoms with Crippen LogP contribution in [-0.4, -0.2) is 28.1 Å². The van der Waals surface area contributed by atoms with Crippen LogP contribution in [0.25, 0.3) is 0 Å². The summed E-state index contributed by atoms with van der Waals surface area (Å²) in [5, 5.41) is 9.82. The number of halogens is 2. The summed E-state index contributed by atoms with van der Waals surface area (Å²) in [5.74, 6) is -0.771. The molecule has 1 aliphatic rings. The van der Waals surface area contributed by atoms with Gasteiger partial charge in [-0.2, -0.15) is 0 Å². The van der Waals surface area contributed by atoms with Crippen LogP contribution in [0.4, 0.5) is 0 Å². The number of rotatable bonds is 5. The molecule has 0 amide bonds. The molecule has 2 rings (SSSR count). The van der Waals surface area contributed by atoms with Gasteiger partial charge in [-0.15, -0.1) is 0 Å². The van der Waals surface area contributed by atoms with Crippen molar-refractivity contribution in [3.8, 4) is 0 Å². The maximum absolute atomic E-state index is 11.1. The van der Waals surface area contributed by atoms with E-state index in [1.165, 1.54) is 0 Å². The van der Waals surface area contributed by atoms with E-state index in [1.54, 1.807) is 6.92 Å². The van der Waals surface area contributed by atoms with Crippen LogP contribution < -0.4 is 0 Å². The average molecular weight is 333 g/mol. The fourth-order valence-electron chi connectivity index (χ4n) is 1.98. The molecule has 0 spiro atoms. The summed E-state index contributed by atoms with van der Waals surface area (Å²) in [5.41, 5.74) is 1.07. The van der Waals surface area contributed by atoms with E-state index in [-0.39, 0.29) is 0 Å². The fraction of sp³-hybridized carbons (Fsp3) is 0.462. The van der Waals surface area contributed by atoms with Crippen molar-refractivity contribution in [1.29, 1.82) is 0 Å². The number of carboxylic acid groups (broad SMARTS) is 1. The predicted octanol–water partition coefficient (Wildman–Crippen LogP) is 3.54. The predicted molar refractivity (Wildman–Crippen MR) is 74.8 cm³/mol. The van der Waals surface area contributed by atoms with E-state index >= 15 is 0 Å². The molecule has 1 aliphatic carbocycles. The molecule has 5 heteroatoms. The van der Waals surface area contributed by atoms with Crippen molar-refractivity contribution >= 4 is 33.5 Å². The molecule has 1 aromatic rings. The Bertz CT molecular complexity index is 462. The van der Waals surface area contributed by atoms with Gasteiger partial charge in [0.25, 0.3) is 0 Å². The fourth-order valence-corrected chi connectivity index (χ4v) is 2.78. The van der Waals surface area contributed by atoms with Crippen molar-refractivity contribution in [2.45, 2.75) is 38.4 Å². The second kappa shape index (κ2) is 5.59. The van der Waals surface area contributed by atoms with Crippen molar-refractivity contribution < 1.29 is 9.90 Å². The van der Waals surface area contributed by atoms with Gasteiger partial charge in [0.1, 0.15) is 6.04 Å². The van der Waals surface area contributed by atoms with E-state index in [4.69, 9.17) is 16.7 Å². The van der Waals surface area contributed by atoms with E-state index in [9.17, 15) is 4.79 Å². The van der Waals surface area contributed by atoms with Gasteiger partial charge in [-0.1, -0.05) is 33.6 Å². The molecule has 18 heavy (non-hydrogen) atoms. The zero-order valence-corrected chi connectivity index (χ0v) is 12.4. The first-order valence-corrected chi connectivity index (χ1v) is 7.08. The summed E-state index contributed by atoms with van der Waals surface area (Å²) in [7, 11) is 0. The molecule has 1 N–H and O–H groups in total. The molecule has 0 heterocycles. The Morgan fingerprint density at radius 3 is 2.78 bits per heavy atom. The van der Waals surface area contributed by atoms with Crippen molar-refractivity contribution in [1.82, 2.24) is 4.90 Å². The smallest absolute Gasteiger partial charge is 0.320 e. The summed E-state index contributed by atoms with van der Waals surface area (Å²) in [6.07, 6.45) is 2.17. The van der Waals surface area contributed by atoms with Crippen molar-refractivity contribution in [3.05, 3.63) is 33.3 Å². The lowest BCUT2D eigenvalue weighted by atomic mass is 10.1. The summed E-state index contributed by atoms with van der Waals surface area (Å²) >= 11 is 9.38. The first kappa shape index (κ1) is 13.8. The number of hydrogen-bond donors (Lipinski definition) is 1. The Hall–Kier alpha value is -0.580. The van der Waals surface area contributed by atoms with Gasteiger partial charge in [-0.05, 0) is 37.5 Å². The summed E-state index contributed by atoms with van der Waals surface area (Å²) in [6.45, 7) is 2.38. The molecule has 3 nitrogen and oxygen atoms in total. The van der Waals surface area contributed by atoms with Gasteiger partial charge < -0.3 is 5.11 Å². The molecule has 1 saturated carbocycles. The van der Waals surface area contributed by atoms with Crippen molar-refractivity contribution in [2.75, 3.05) is 0 Å². The molecule has 0 bridgehead atoms. The molecule has 0 aliphatic heterocycles. The van der Waals surface area contributed by atoms with E-state index < -0.39 is 12.0 Å². The summed E-state index contributed by atoms with van der Waals surface area (Å²) < 4.78 is 0.929. The third-order valence-corrected chi connectivity index (χ3v) is 4.21. The first-order chi connectivity index (χ1) is 8.49. The van der Waals surface area contributed by atoms with E-state index in [0.29, 0.717) is 17.6 Å². The van der Waals surface area contributed by atoms with Crippen molar-refractivity contribution in [3.63, 3.8) is 0 Å². The molecular formula is C13H15BrClNO2. The second-order valence-corrected chi connectivity index (χ2v) is 5.94. The molecule has 0 saturated heterocycles. The highest BCUT2D eigenvalue weighted by molar-refractivity contribution is 9.10. The Morgan fingerprint density at radius 2 is 2.28 bits per heavy atom.